The molecule has 1 saturated heterocycles. The first-order valence-corrected chi connectivity index (χ1v) is 8.15. The van der Waals surface area contributed by atoms with Crippen molar-refractivity contribution in [3.8, 4) is 0 Å². The first kappa shape index (κ1) is 14.4. The molecule has 0 saturated carbocycles. The Kier molecular flexibility index (Phi) is 4.41. The van der Waals surface area contributed by atoms with Gasteiger partial charge in [-0.05, 0) is 17.7 Å². The third-order valence-electron chi connectivity index (χ3n) is 3.57. The summed E-state index contributed by atoms with van der Waals surface area (Å²) in [5, 5.41) is 3.69. The Balaban J connectivity index is 1.55. The van der Waals surface area contributed by atoms with Gasteiger partial charge in [-0.2, -0.15) is 0 Å². The molecule has 1 aliphatic heterocycles. The van der Waals surface area contributed by atoms with Gasteiger partial charge in [0.15, 0.2) is 5.13 Å². The fourth-order valence-corrected chi connectivity index (χ4v) is 3.36. The van der Waals surface area contributed by atoms with E-state index < -0.39 is 0 Å². The molecule has 2 heterocycles. The SMILES string of the molecule is O=C(Cc1cccc(Cl)c1)N1CCN(c2nccs2)CC1. The zero-order valence-electron chi connectivity index (χ0n) is 11.5. The Morgan fingerprint density at radius 2 is 2.10 bits per heavy atom. The maximum Gasteiger partial charge on any atom is 0.227 e. The number of hydrogen-bond donors (Lipinski definition) is 0. The van der Waals surface area contributed by atoms with Crippen molar-refractivity contribution in [2.24, 2.45) is 0 Å². The van der Waals surface area contributed by atoms with Gasteiger partial charge in [-0.1, -0.05) is 23.7 Å². The molecule has 4 nitrogen and oxygen atoms in total. The van der Waals surface area contributed by atoms with Crippen LogP contribution in [0.3, 0.4) is 0 Å². The van der Waals surface area contributed by atoms with E-state index in [0.717, 1.165) is 36.9 Å². The average molecular weight is 322 g/mol. The number of rotatable bonds is 3. The fourth-order valence-electron chi connectivity index (χ4n) is 2.45. The molecule has 110 valence electrons. The topological polar surface area (TPSA) is 36.4 Å². The lowest BCUT2D eigenvalue weighted by Crippen LogP contribution is -2.49. The highest BCUT2D eigenvalue weighted by atomic mass is 35.5. The van der Waals surface area contributed by atoms with Gasteiger partial charge in [0.2, 0.25) is 5.91 Å². The summed E-state index contributed by atoms with van der Waals surface area (Å²) in [5.74, 6) is 0.163. The minimum absolute atomic E-state index is 0.163. The van der Waals surface area contributed by atoms with Crippen molar-refractivity contribution in [1.82, 2.24) is 9.88 Å². The second kappa shape index (κ2) is 6.45. The molecule has 1 aromatic carbocycles. The van der Waals surface area contributed by atoms with Crippen LogP contribution in [0.5, 0.6) is 0 Å². The average Bonchev–Trinajstić information content (AvgIpc) is 3.01. The molecule has 0 radical (unpaired) electrons. The number of hydrogen-bond acceptors (Lipinski definition) is 4. The van der Waals surface area contributed by atoms with Crippen molar-refractivity contribution >= 4 is 34.0 Å². The lowest BCUT2D eigenvalue weighted by molar-refractivity contribution is -0.130. The van der Waals surface area contributed by atoms with E-state index in [0.29, 0.717) is 11.4 Å². The summed E-state index contributed by atoms with van der Waals surface area (Å²) in [6.45, 7) is 3.18. The van der Waals surface area contributed by atoms with E-state index in [9.17, 15) is 4.79 Å². The molecule has 2 aromatic rings. The minimum atomic E-state index is 0.163. The fraction of sp³-hybridized carbons (Fsp3) is 0.333. The standard InChI is InChI=1S/C15H16ClN3OS/c16-13-3-1-2-12(10-13)11-14(20)18-5-7-19(8-6-18)15-17-4-9-21-15/h1-4,9-10H,5-8,11H2. The number of carbonyl (C=O) groups excluding carboxylic acids is 1. The summed E-state index contributed by atoms with van der Waals surface area (Å²) >= 11 is 7.59. The van der Waals surface area contributed by atoms with Gasteiger partial charge in [0.25, 0.3) is 0 Å². The van der Waals surface area contributed by atoms with Gasteiger partial charge < -0.3 is 9.80 Å². The van der Waals surface area contributed by atoms with Gasteiger partial charge in [0, 0.05) is 42.8 Å². The number of nitrogens with zero attached hydrogens (tertiary/aromatic N) is 3. The molecule has 1 amide bonds. The molecule has 0 spiro atoms. The molecule has 0 atom stereocenters. The number of halogens is 1. The molecule has 1 aliphatic rings. The second-order valence-corrected chi connectivity index (χ2v) is 6.30. The number of anilines is 1. The second-order valence-electron chi connectivity index (χ2n) is 4.99. The van der Waals surface area contributed by atoms with Crippen LogP contribution in [0.4, 0.5) is 5.13 Å². The van der Waals surface area contributed by atoms with Gasteiger partial charge in [-0.3, -0.25) is 4.79 Å². The summed E-state index contributed by atoms with van der Waals surface area (Å²) in [7, 11) is 0. The van der Waals surface area contributed by atoms with Crippen molar-refractivity contribution in [2.75, 3.05) is 31.1 Å². The van der Waals surface area contributed by atoms with Gasteiger partial charge >= 0.3 is 0 Å². The van der Waals surface area contributed by atoms with Crippen molar-refractivity contribution < 1.29 is 4.79 Å². The van der Waals surface area contributed by atoms with Crippen molar-refractivity contribution in [3.63, 3.8) is 0 Å². The first-order valence-electron chi connectivity index (χ1n) is 6.89. The quantitative estimate of drug-likeness (QED) is 0.872. The van der Waals surface area contributed by atoms with Crippen LogP contribution in [-0.4, -0.2) is 42.0 Å². The van der Waals surface area contributed by atoms with Crippen LogP contribution >= 0.6 is 22.9 Å². The molecule has 0 N–H and O–H groups in total. The van der Waals surface area contributed by atoms with Crippen LogP contribution in [0.2, 0.25) is 5.02 Å². The lowest BCUT2D eigenvalue weighted by atomic mass is 10.1. The normalized spacial score (nSPS) is 15.3. The molecule has 0 bridgehead atoms. The Labute approximate surface area is 133 Å². The molecule has 0 aliphatic carbocycles. The number of carbonyl (C=O) groups is 1. The van der Waals surface area contributed by atoms with E-state index in [4.69, 9.17) is 11.6 Å². The molecule has 3 rings (SSSR count). The number of thiazole rings is 1. The highest BCUT2D eigenvalue weighted by Gasteiger charge is 2.22. The number of piperazine rings is 1. The van der Waals surface area contributed by atoms with E-state index in [2.05, 4.69) is 9.88 Å². The van der Waals surface area contributed by atoms with Crippen LogP contribution in [0.25, 0.3) is 0 Å². The van der Waals surface area contributed by atoms with Crippen molar-refractivity contribution in [3.05, 3.63) is 46.4 Å². The molecular weight excluding hydrogens is 306 g/mol. The summed E-state index contributed by atoms with van der Waals surface area (Å²) in [5.41, 5.74) is 0.967. The molecule has 21 heavy (non-hydrogen) atoms. The predicted octanol–water partition coefficient (Wildman–Crippen LogP) is 2.69. The number of amides is 1. The van der Waals surface area contributed by atoms with Crippen molar-refractivity contribution in [2.45, 2.75) is 6.42 Å². The minimum Gasteiger partial charge on any atom is -0.345 e. The zero-order valence-corrected chi connectivity index (χ0v) is 13.1. The van der Waals surface area contributed by atoms with Crippen LogP contribution in [0.1, 0.15) is 5.56 Å². The first-order chi connectivity index (χ1) is 10.2. The molecule has 6 heteroatoms. The van der Waals surface area contributed by atoms with Crippen LogP contribution in [-0.2, 0) is 11.2 Å². The molecular formula is C15H16ClN3OS. The van der Waals surface area contributed by atoms with Gasteiger partial charge in [-0.15, -0.1) is 11.3 Å². The zero-order chi connectivity index (χ0) is 14.7. The summed E-state index contributed by atoms with van der Waals surface area (Å²) in [4.78, 5) is 20.8. The smallest absolute Gasteiger partial charge is 0.227 e. The summed E-state index contributed by atoms with van der Waals surface area (Å²) in [6, 6.07) is 7.49. The van der Waals surface area contributed by atoms with Gasteiger partial charge in [0.1, 0.15) is 0 Å². The summed E-state index contributed by atoms with van der Waals surface area (Å²) < 4.78 is 0. The van der Waals surface area contributed by atoms with Crippen molar-refractivity contribution in [1.29, 1.82) is 0 Å². The third-order valence-corrected chi connectivity index (χ3v) is 4.63. The molecule has 1 fully saturated rings. The maximum atomic E-state index is 12.3. The Morgan fingerprint density at radius 1 is 1.29 bits per heavy atom. The summed E-state index contributed by atoms with van der Waals surface area (Å²) in [6.07, 6.45) is 2.23. The number of aromatic nitrogens is 1. The van der Waals surface area contributed by atoms with Crippen LogP contribution < -0.4 is 4.90 Å². The Bertz CT molecular complexity index is 609. The number of benzene rings is 1. The highest BCUT2D eigenvalue weighted by molar-refractivity contribution is 7.13. The largest absolute Gasteiger partial charge is 0.345 e. The van der Waals surface area contributed by atoms with Gasteiger partial charge in [-0.25, -0.2) is 4.98 Å². The van der Waals surface area contributed by atoms with E-state index >= 15 is 0 Å². The lowest BCUT2D eigenvalue weighted by Gasteiger charge is -2.34. The Hall–Kier alpha value is -1.59. The third kappa shape index (κ3) is 3.54. The van der Waals surface area contributed by atoms with E-state index in [1.807, 2.05) is 40.7 Å². The monoisotopic (exact) mass is 321 g/mol. The van der Waals surface area contributed by atoms with Crippen LogP contribution in [0.15, 0.2) is 35.8 Å². The molecule has 0 unspecified atom stereocenters. The predicted molar refractivity (Wildman–Crippen MR) is 86.1 cm³/mol. The van der Waals surface area contributed by atoms with Crippen LogP contribution in [0, 0.1) is 0 Å². The highest BCUT2D eigenvalue weighted by Crippen LogP contribution is 2.19. The van der Waals surface area contributed by atoms with E-state index in [-0.39, 0.29) is 5.91 Å². The maximum absolute atomic E-state index is 12.3. The molecule has 1 aromatic heterocycles. The van der Waals surface area contributed by atoms with Gasteiger partial charge in [0.05, 0.1) is 6.42 Å². The van der Waals surface area contributed by atoms with E-state index in [1.54, 1.807) is 11.3 Å². The Morgan fingerprint density at radius 3 is 2.76 bits per heavy atom. The van der Waals surface area contributed by atoms with E-state index in [1.165, 1.54) is 0 Å².